The number of fused-ring (bicyclic) bond motifs is 2. The van der Waals surface area contributed by atoms with E-state index in [0.29, 0.717) is 30.3 Å². The highest BCUT2D eigenvalue weighted by atomic mass is 28.4. The van der Waals surface area contributed by atoms with E-state index in [2.05, 4.69) is 53.8 Å². The van der Waals surface area contributed by atoms with E-state index < -0.39 is 14.4 Å². The summed E-state index contributed by atoms with van der Waals surface area (Å²) >= 11 is 0. The number of rotatable bonds is 8. The predicted molar refractivity (Wildman–Crippen MR) is 146 cm³/mol. The van der Waals surface area contributed by atoms with Gasteiger partial charge in [-0.05, 0) is 92.2 Å². The molecule has 5 nitrogen and oxygen atoms in total. The van der Waals surface area contributed by atoms with Crippen LogP contribution in [0.15, 0.2) is 11.6 Å². The van der Waals surface area contributed by atoms with E-state index in [1.165, 1.54) is 32.6 Å². The highest BCUT2D eigenvalue weighted by Gasteiger charge is 2.70. The van der Waals surface area contributed by atoms with E-state index >= 15 is 0 Å². The van der Waals surface area contributed by atoms with Gasteiger partial charge < -0.3 is 19.0 Å². The summed E-state index contributed by atoms with van der Waals surface area (Å²) in [4.78, 5) is 11.4. The molecule has 0 aromatic heterocycles. The molecule has 36 heavy (non-hydrogen) atoms. The number of aliphatic hydroxyl groups excluding tert-OH is 1. The van der Waals surface area contributed by atoms with E-state index in [0.717, 1.165) is 19.3 Å². The molecular weight excluding hydrogens is 468 g/mol. The third kappa shape index (κ3) is 4.78. The lowest BCUT2D eigenvalue weighted by atomic mass is 9.61. The molecular formula is C30H52O5Si. The number of aliphatic hydroxyl groups is 1. The number of esters is 1. The van der Waals surface area contributed by atoms with Gasteiger partial charge in [0.2, 0.25) is 0 Å². The molecule has 1 N–H and O–H groups in total. The molecule has 3 unspecified atom stereocenters. The summed E-state index contributed by atoms with van der Waals surface area (Å²) in [5, 5.41) is 11.7. The lowest BCUT2D eigenvalue weighted by molar-refractivity contribution is -0.143. The molecule has 0 bridgehead atoms. The summed E-state index contributed by atoms with van der Waals surface area (Å²) in [5.74, 6) is 1.80. The lowest BCUT2D eigenvalue weighted by Crippen LogP contribution is -2.48. The normalized spacial score (nSPS) is 41.1. The summed E-state index contributed by atoms with van der Waals surface area (Å²) in [6.45, 7) is 18.1. The first-order valence-corrected chi connectivity index (χ1v) is 17.3. The topological polar surface area (TPSA) is 65.0 Å². The summed E-state index contributed by atoms with van der Waals surface area (Å²) in [5.41, 5.74) is 1.59. The predicted octanol–water partition coefficient (Wildman–Crippen LogP) is 6.50. The first-order chi connectivity index (χ1) is 16.7. The van der Waals surface area contributed by atoms with Gasteiger partial charge in [-0.2, -0.15) is 0 Å². The fourth-order valence-electron chi connectivity index (χ4n) is 8.19. The number of carbonyl (C=O) groups is 1. The Morgan fingerprint density at radius 2 is 1.97 bits per heavy atom. The van der Waals surface area contributed by atoms with Crippen molar-refractivity contribution < 1.29 is 23.8 Å². The fourth-order valence-corrected chi connectivity index (χ4v) is 9.52. The van der Waals surface area contributed by atoms with Gasteiger partial charge in [-0.25, -0.2) is 0 Å². The second-order valence-corrected chi connectivity index (χ2v) is 19.1. The van der Waals surface area contributed by atoms with Gasteiger partial charge in [-0.3, -0.25) is 4.79 Å². The van der Waals surface area contributed by atoms with Crippen molar-refractivity contribution in [2.75, 3.05) is 13.7 Å². The van der Waals surface area contributed by atoms with Gasteiger partial charge >= 0.3 is 5.97 Å². The SMILES string of the molecule is CO[C@H](/C=C1\CCCC2(C)[C@@H]([C@H](C)COC(C)=O)CC[C@@H]12)[C@]12C[C@H]1CC(O[Si](C)(C)C(C)(C)C)C2O. The van der Waals surface area contributed by atoms with Crippen LogP contribution in [0.4, 0.5) is 0 Å². The van der Waals surface area contributed by atoms with Gasteiger partial charge in [0, 0.05) is 19.4 Å². The maximum atomic E-state index is 11.6. The Hall–Kier alpha value is -0.693. The van der Waals surface area contributed by atoms with Gasteiger partial charge in [0.25, 0.3) is 0 Å². The monoisotopic (exact) mass is 520 g/mol. The average molecular weight is 521 g/mol. The van der Waals surface area contributed by atoms with Crippen LogP contribution in [0.3, 0.4) is 0 Å². The van der Waals surface area contributed by atoms with Crippen molar-refractivity contribution in [3.63, 3.8) is 0 Å². The van der Waals surface area contributed by atoms with Crippen molar-refractivity contribution >= 4 is 14.3 Å². The quantitative estimate of drug-likeness (QED) is 0.225. The molecule has 0 heterocycles. The van der Waals surface area contributed by atoms with Gasteiger partial charge in [-0.15, -0.1) is 0 Å². The zero-order valence-electron chi connectivity index (χ0n) is 24.4. The molecule has 4 fully saturated rings. The molecule has 0 spiro atoms. The number of hydrogen-bond acceptors (Lipinski definition) is 5. The van der Waals surface area contributed by atoms with Crippen LogP contribution >= 0.6 is 0 Å². The van der Waals surface area contributed by atoms with Crippen LogP contribution in [0.25, 0.3) is 0 Å². The van der Waals surface area contributed by atoms with E-state index in [-0.39, 0.29) is 34.0 Å². The van der Waals surface area contributed by atoms with Crippen molar-refractivity contribution in [2.24, 2.45) is 34.5 Å². The minimum absolute atomic E-state index is 0.0552. The van der Waals surface area contributed by atoms with E-state index in [9.17, 15) is 9.90 Å². The fraction of sp³-hybridized carbons (Fsp3) is 0.900. The first kappa shape index (κ1) is 28.3. The summed E-state index contributed by atoms with van der Waals surface area (Å²) < 4.78 is 18.3. The van der Waals surface area contributed by atoms with Crippen LogP contribution in [0.2, 0.25) is 18.1 Å². The van der Waals surface area contributed by atoms with Gasteiger partial charge in [0.15, 0.2) is 8.32 Å². The molecule has 4 saturated carbocycles. The van der Waals surface area contributed by atoms with Crippen LogP contribution in [0.5, 0.6) is 0 Å². The van der Waals surface area contributed by atoms with Crippen LogP contribution < -0.4 is 0 Å². The van der Waals surface area contributed by atoms with Crippen LogP contribution in [0.1, 0.15) is 86.5 Å². The highest BCUT2D eigenvalue weighted by Crippen LogP contribution is 2.68. The molecule has 0 saturated heterocycles. The van der Waals surface area contributed by atoms with Gasteiger partial charge in [-0.1, -0.05) is 46.3 Å². The number of carbonyl (C=O) groups excluding carboxylic acids is 1. The smallest absolute Gasteiger partial charge is 0.302 e. The van der Waals surface area contributed by atoms with Crippen LogP contribution in [-0.4, -0.2) is 51.4 Å². The van der Waals surface area contributed by atoms with Crippen LogP contribution in [-0.2, 0) is 18.7 Å². The Labute approximate surface area is 220 Å². The number of ether oxygens (including phenoxy) is 2. The molecule has 4 aliphatic rings. The molecule has 4 rings (SSSR count). The summed E-state index contributed by atoms with van der Waals surface area (Å²) in [7, 11) is -0.128. The molecule has 0 aromatic carbocycles. The molecule has 0 aliphatic heterocycles. The Morgan fingerprint density at radius 3 is 2.58 bits per heavy atom. The van der Waals surface area contributed by atoms with Crippen molar-refractivity contribution in [3.8, 4) is 0 Å². The van der Waals surface area contributed by atoms with Crippen molar-refractivity contribution in [1.29, 1.82) is 0 Å². The largest absolute Gasteiger partial charge is 0.466 e. The minimum atomic E-state index is -1.95. The Kier molecular flexibility index (Phi) is 7.71. The van der Waals surface area contributed by atoms with Gasteiger partial charge in [0.05, 0.1) is 24.9 Å². The number of methoxy groups -OCH3 is 1. The molecule has 206 valence electrons. The highest BCUT2D eigenvalue weighted by molar-refractivity contribution is 6.74. The lowest BCUT2D eigenvalue weighted by Gasteiger charge is -2.45. The van der Waals surface area contributed by atoms with E-state index in [1.807, 2.05) is 7.11 Å². The third-order valence-electron chi connectivity index (χ3n) is 11.3. The first-order valence-electron chi connectivity index (χ1n) is 14.4. The standard InChI is InChI=1S/C30H52O5Si/c1-19(18-34-20(2)31)23-12-13-24-21(11-10-14-29(23,24)6)15-26(33-7)30-17-22(30)16-25(27(30)32)35-36(8,9)28(3,4)5/h15,19,22-27,32H,10-14,16-18H2,1-9H3/b21-15+/t19-,22-,23-,24+,25?,26-,27?,29?,30+/m1/s1. The molecule has 0 aromatic rings. The number of hydrogen-bond donors (Lipinski definition) is 1. The molecule has 9 atom stereocenters. The van der Waals surface area contributed by atoms with Gasteiger partial charge in [0.1, 0.15) is 0 Å². The Balaban J connectivity index is 1.51. The summed E-state index contributed by atoms with van der Waals surface area (Å²) in [6, 6.07) is 0. The molecule has 0 amide bonds. The Bertz CT molecular complexity index is 862. The molecule has 6 heteroatoms. The minimum Gasteiger partial charge on any atom is -0.466 e. The van der Waals surface area contributed by atoms with Crippen molar-refractivity contribution in [2.45, 2.75) is 123 Å². The maximum Gasteiger partial charge on any atom is 0.302 e. The second kappa shape index (κ2) is 9.80. The molecule has 0 radical (unpaired) electrons. The maximum absolute atomic E-state index is 11.6. The Morgan fingerprint density at radius 1 is 1.28 bits per heavy atom. The van der Waals surface area contributed by atoms with Crippen LogP contribution in [0, 0.1) is 34.5 Å². The second-order valence-electron chi connectivity index (χ2n) is 14.4. The third-order valence-corrected chi connectivity index (χ3v) is 15.8. The summed E-state index contributed by atoms with van der Waals surface area (Å²) in [6.07, 6.45) is 9.78. The van der Waals surface area contributed by atoms with Crippen molar-refractivity contribution in [1.82, 2.24) is 0 Å². The van der Waals surface area contributed by atoms with E-state index in [4.69, 9.17) is 13.9 Å². The zero-order chi connectivity index (χ0) is 26.7. The molecule has 4 aliphatic carbocycles. The zero-order valence-corrected chi connectivity index (χ0v) is 25.4. The van der Waals surface area contributed by atoms with Crippen molar-refractivity contribution in [3.05, 3.63) is 11.6 Å². The number of allylic oxidation sites excluding steroid dienone is 1. The average Bonchev–Trinajstić information content (AvgIpc) is 3.28. The van der Waals surface area contributed by atoms with E-state index in [1.54, 1.807) is 5.57 Å².